The number of rotatable bonds is 6. The lowest BCUT2D eigenvalue weighted by molar-refractivity contribution is -0.0762. The molecule has 2 aromatic heterocycles. The van der Waals surface area contributed by atoms with E-state index in [0.29, 0.717) is 5.56 Å². The van der Waals surface area contributed by atoms with Crippen molar-refractivity contribution >= 4 is 11.9 Å². The van der Waals surface area contributed by atoms with Gasteiger partial charge in [-0.2, -0.15) is 0 Å². The Labute approximate surface area is 175 Å². The van der Waals surface area contributed by atoms with Gasteiger partial charge in [0.25, 0.3) is 5.91 Å². The number of primary amides is 1. The number of anilines is 1. The number of hydrogen-bond donors (Lipinski definition) is 2. The summed E-state index contributed by atoms with van der Waals surface area (Å²) in [5.74, 6) is -2.07. The first-order chi connectivity index (χ1) is 14.9. The van der Waals surface area contributed by atoms with E-state index in [9.17, 15) is 13.6 Å². The van der Waals surface area contributed by atoms with Gasteiger partial charge in [-0.05, 0) is 61.4 Å². The number of nitrogens with two attached hydrogens (primary N) is 1. The number of halogens is 2. The van der Waals surface area contributed by atoms with E-state index < -0.39 is 17.5 Å². The molecule has 0 saturated heterocycles. The molecule has 2 aliphatic rings. The summed E-state index contributed by atoms with van der Waals surface area (Å²) < 4.78 is 37.9. The van der Waals surface area contributed by atoms with Crippen molar-refractivity contribution in [3.8, 4) is 17.3 Å². The maximum Gasteiger partial charge on any atom is 0.315 e. The third-order valence-electron chi connectivity index (χ3n) is 5.91. The minimum atomic E-state index is -0.971. The lowest BCUT2D eigenvalue weighted by Crippen LogP contribution is -2.56. The number of carbonyl (C=O) groups excluding carboxylic acids is 1. The molecule has 0 aliphatic heterocycles. The highest BCUT2D eigenvalue weighted by molar-refractivity contribution is 5.94. The number of carbonyl (C=O) groups is 1. The maximum atomic E-state index is 13.4. The Morgan fingerprint density at radius 3 is 2.71 bits per heavy atom. The molecule has 160 valence electrons. The van der Waals surface area contributed by atoms with E-state index in [-0.39, 0.29) is 40.9 Å². The molecule has 10 heteroatoms. The van der Waals surface area contributed by atoms with E-state index in [4.69, 9.17) is 14.9 Å². The second-order valence-corrected chi connectivity index (χ2v) is 8.16. The molecule has 1 aromatic carbocycles. The van der Waals surface area contributed by atoms with Crippen LogP contribution in [0.15, 0.2) is 40.9 Å². The summed E-state index contributed by atoms with van der Waals surface area (Å²) in [5.41, 5.74) is 6.15. The molecular weight excluding hydrogens is 408 g/mol. The molecule has 2 saturated carbocycles. The van der Waals surface area contributed by atoms with Gasteiger partial charge in [-0.25, -0.2) is 13.8 Å². The molecule has 0 unspecified atom stereocenters. The van der Waals surface area contributed by atoms with Crippen LogP contribution in [0.25, 0.3) is 11.5 Å². The summed E-state index contributed by atoms with van der Waals surface area (Å²) in [5, 5.41) is 11.0. The summed E-state index contributed by atoms with van der Waals surface area (Å²) in [6, 6.07) is 7.08. The molecule has 8 nitrogen and oxygen atoms in total. The average molecular weight is 427 g/mol. The summed E-state index contributed by atoms with van der Waals surface area (Å²) in [4.78, 5) is 15.6. The van der Waals surface area contributed by atoms with Crippen LogP contribution >= 0.6 is 0 Å². The van der Waals surface area contributed by atoms with E-state index in [1.165, 1.54) is 6.07 Å². The number of amides is 1. The fourth-order valence-corrected chi connectivity index (χ4v) is 4.44. The zero-order valence-corrected chi connectivity index (χ0v) is 16.3. The molecule has 2 aliphatic carbocycles. The van der Waals surface area contributed by atoms with E-state index in [0.717, 1.165) is 37.8 Å². The molecule has 3 aromatic rings. The van der Waals surface area contributed by atoms with Gasteiger partial charge < -0.3 is 20.2 Å². The number of aromatic nitrogens is 3. The number of nitrogens with zero attached hydrogens (tertiary/aromatic N) is 3. The Morgan fingerprint density at radius 2 is 1.97 bits per heavy atom. The van der Waals surface area contributed by atoms with Crippen LogP contribution in [0.4, 0.5) is 14.8 Å². The lowest BCUT2D eigenvalue weighted by atomic mass is 9.53. The molecule has 1 spiro atoms. The third kappa shape index (κ3) is 3.69. The van der Waals surface area contributed by atoms with E-state index in [1.807, 2.05) is 0 Å². The predicted molar refractivity (Wildman–Crippen MR) is 105 cm³/mol. The first-order valence-corrected chi connectivity index (χ1v) is 9.88. The first-order valence-electron chi connectivity index (χ1n) is 9.88. The van der Waals surface area contributed by atoms with Gasteiger partial charge in [0.05, 0.1) is 0 Å². The summed E-state index contributed by atoms with van der Waals surface area (Å²) in [6.45, 7) is 0. The summed E-state index contributed by atoms with van der Waals surface area (Å²) >= 11 is 0. The van der Waals surface area contributed by atoms with Gasteiger partial charge in [0.2, 0.25) is 11.8 Å². The highest BCUT2D eigenvalue weighted by Gasteiger charge is 2.54. The third-order valence-corrected chi connectivity index (χ3v) is 5.91. The van der Waals surface area contributed by atoms with Crippen molar-refractivity contribution in [2.45, 2.75) is 37.8 Å². The van der Waals surface area contributed by atoms with Crippen LogP contribution in [0.1, 0.15) is 36.0 Å². The molecule has 1 amide bonds. The van der Waals surface area contributed by atoms with Crippen LogP contribution < -0.4 is 15.8 Å². The molecule has 31 heavy (non-hydrogen) atoms. The highest BCUT2D eigenvalue weighted by Crippen LogP contribution is 2.57. The number of benzene rings is 1. The molecule has 0 atom stereocenters. The lowest BCUT2D eigenvalue weighted by Gasteiger charge is -2.56. The normalized spacial score (nSPS) is 24.3. The van der Waals surface area contributed by atoms with Crippen LogP contribution in [0, 0.1) is 17.0 Å². The molecule has 2 fully saturated rings. The predicted octanol–water partition coefficient (Wildman–Crippen LogP) is 3.31. The number of ether oxygens (including phenoxy) is 1. The van der Waals surface area contributed by atoms with Gasteiger partial charge in [-0.1, -0.05) is 5.10 Å². The van der Waals surface area contributed by atoms with Crippen molar-refractivity contribution in [3.05, 3.63) is 53.7 Å². The molecule has 0 bridgehead atoms. The van der Waals surface area contributed by atoms with Crippen molar-refractivity contribution in [1.29, 1.82) is 0 Å². The standard InChI is InChI=1S/C21H19F2N5O3/c22-15-4-3-11(6-16(15)23)18-27-28-20(31-18)26-12-7-21(8-12)9-13(10-21)30-19-14(17(24)29)2-1-5-25-19/h1-6,12-13H,7-10H2,(H2,24,29)(H,26,28). The van der Waals surface area contributed by atoms with E-state index in [1.54, 1.807) is 18.3 Å². The van der Waals surface area contributed by atoms with Crippen LogP contribution in [-0.4, -0.2) is 33.2 Å². The Morgan fingerprint density at radius 1 is 1.16 bits per heavy atom. The highest BCUT2D eigenvalue weighted by atomic mass is 19.2. The van der Waals surface area contributed by atoms with Gasteiger partial charge in [0, 0.05) is 17.8 Å². The van der Waals surface area contributed by atoms with Gasteiger partial charge in [-0.15, -0.1) is 5.10 Å². The van der Waals surface area contributed by atoms with Crippen molar-refractivity contribution in [2.75, 3.05) is 5.32 Å². The monoisotopic (exact) mass is 427 g/mol. The van der Waals surface area contributed by atoms with Crippen molar-refractivity contribution in [1.82, 2.24) is 15.2 Å². The number of hydrogen-bond acceptors (Lipinski definition) is 7. The number of nitrogens with one attached hydrogen (secondary N) is 1. The maximum absolute atomic E-state index is 13.4. The second-order valence-electron chi connectivity index (χ2n) is 8.16. The molecule has 0 radical (unpaired) electrons. The second kappa shape index (κ2) is 7.29. The fourth-order valence-electron chi connectivity index (χ4n) is 4.44. The van der Waals surface area contributed by atoms with Crippen molar-refractivity contribution in [3.63, 3.8) is 0 Å². The SMILES string of the molecule is NC(=O)c1cccnc1OC1CC2(CC(Nc3nnc(-c4ccc(F)c(F)c4)o3)C2)C1. The Hall–Kier alpha value is -3.56. The molecular formula is C21H19F2N5O3. The Bertz CT molecular complexity index is 1140. The zero-order chi connectivity index (χ0) is 21.6. The van der Waals surface area contributed by atoms with E-state index in [2.05, 4.69) is 20.5 Å². The first kappa shape index (κ1) is 19.4. The largest absolute Gasteiger partial charge is 0.474 e. The van der Waals surface area contributed by atoms with Crippen LogP contribution in [0.2, 0.25) is 0 Å². The summed E-state index contributed by atoms with van der Waals surface area (Å²) in [7, 11) is 0. The van der Waals surface area contributed by atoms with Crippen molar-refractivity contribution in [2.24, 2.45) is 11.1 Å². The molecule has 3 N–H and O–H groups in total. The average Bonchev–Trinajstić information content (AvgIpc) is 3.15. The zero-order valence-electron chi connectivity index (χ0n) is 16.3. The number of pyridine rings is 1. The molecule has 5 rings (SSSR count). The fraction of sp³-hybridized carbons (Fsp3) is 0.333. The van der Waals surface area contributed by atoms with Gasteiger partial charge in [0.1, 0.15) is 11.7 Å². The van der Waals surface area contributed by atoms with Crippen LogP contribution in [0.3, 0.4) is 0 Å². The minimum absolute atomic E-state index is 0.00247. The van der Waals surface area contributed by atoms with Gasteiger partial charge in [0.15, 0.2) is 11.6 Å². The van der Waals surface area contributed by atoms with E-state index >= 15 is 0 Å². The van der Waals surface area contributed by atoms with Crippen LogP contribution in [-0.2, 0) is 0 Å². The quantitative estimate of drug-likeness (QED) is 0.620. The summed E-state index contributed by atoms with van der Waals surface area (Å²) in [6.07, 6.45) is 5.13. The Kier molecular flexibility index (Phi) is 4.57. The van der Waals surface area contributed by atoms with Crippen LogP contribution in [0.5, 0.6) is 5.88 Å². The smallest absolute Gasteiger partial charge is 0.315 e. The Balaban J connectivity index is 1.13. The minimum Gasteiger partial charge on any atom is -0.474 e. The molecule has 2 heterocycles. The topological polar surface area (TPSA) is 116 Å². The van der Waals surface area contributed by atoms with Crippen molar-refractivity contribution < 1.29 is 22.7 Å². The van der Waals surface area contributed by atoms with Gasteiger partial charge in [-0.3, -0.25) is 4.79 Å². The van der Waals surface area contributed by atoms with Gasteiger partial charge >= 0.3 is 6.01 Å².